The Bertz CT molecular complexity index is 649. The summed E-state index contributed by atoms with van der Waals surface area (Å²) >= 11 is 0. The molecular weight excluding hydrogens is 330 g/mol. The monoisotopic (exact) mass is 359 g/mol. The first kappa shape index (κ1) is 20.1. The highest BCUT2D eigenvalue weighted by Crippen LogP contribution is 2.16. The number of β-amino-alcohol motifs (C(OH)–C–C–N with tert-alkyl or cyclic N) is 1. The molecule has 2 N–H and O–H groups in total. The molecule has 0 saturated carbocycles. The minimum Gasteiger partial charge on any atom is -0.389 e. The van der Waals surface area contributed by atoms with E-state index in [4.69, 9.17) is 0 Å². The van der Waals surface area contributed by atoms with Crippen molar-refractivity contribution in [3.05, 3.63) is 48.0 Å². The van der Waals surface area contributed by atoms with Crippen LogP contribution in [-0.4, -0.2) is 64.5 Å². The van der Waals surface area contributed by atoms with E-state index >= 15 is 0 Å². The average molecular weight is 359 g/mol. The molecule has 2 amide bonds. The highest BCUT2D eigenvalue weighted by molar-refractivity contribution is 5.94. The van der Waals surface area contributed by atoms with E-state index in [2.05, 4.69) is 16.8 Å². The third kappa shape index (κ3) is 5.68. The van der Waals surface area contributed by atoms with E-state index in [1.807, 2.05) is 24.0 Å². The normalized spacial score (nSPS) is 18.5. The summed E-state index contributed by atoms with van der Waals surface area (Å²) < 4.78 is 0. The van der Waals surface area contributed by atoms with E-state index in [-0.39, 0.29) is 17.9 Å². The van der Waals surface area contributed by atoms with Gasteiger partial charge < -0.3 is 15.3 Å². The van der Waals surface area contributed by atoms with Gasteiger partial charge in [-0.1, -0.05) is 18.7 Å². The summed E-state index contributed by atoms with van der Waals surface area (Å²) in [6.45, 7) is 12.2. The maximum absolute atomic E-state index is 12.8. The Kier molecular flexibility index (Phi) is 6.56. The van der Waals surface area contributed by atoms with Gasteiger partial charge in [0.05, 0.1) is 5.60 Å². The number of hydrogen-bond donors (Lipinski definition) is 2. The minimum atomic E-state index is -0.733. The molecule has 1 aromatic carbocycles. The molecule has 1 saturated heterocycles. The summed E-state index contributed by atoms with van der Waals surface area (Å²) in [4.78, 5) is 28.1. The number of nitrogens with one attached hydrogen (secondary N) is 1. The standard InChI is InChI=1S/C20H29N3O3/c1-5-18(24)21-12-16-6-8-17(9-7-16)19(25)23-11-10-22(13-15(23)2)14-20(3,4)26/h5-9,15,26H,1,10-14H2,2-4H3,(H,21,24). The molecule has 0 spiro atoms. The Morgan fingerprint density at radius 3 is 2.50 bits per heavy atom. The molecule has 1 atom stereocenters. The van der Waals surface area contributed by atoms with Gasteiger partial charge in [-0.05, 0) is 44.5 Å². The van der Waals surface area contributed by atoms with Crippen LogP contribution in [0.5, 0.6) is 0 Å². The molecule has 0 bridgehead atoms. The van der Waals surface area contributed by atoms with Gasteiger partial charge in [-0.15, -0.1) is 0 Å². The zero-order valence-corrected chi connectivity index (χ0v) is 15.9. The van der Waals surface area contributed by atoms with Crippen LogP contribution in [0.15, 0.2) is 36.9 Å². The molecule has 26 heavy (non-hydrogen) atoms. The summed E-state index contributed by atoms with van der Waals surface area (Å²) in [6.07, 6.45) is 1.23. The van der Waals surface area contributed by atoms with Gasteiger partial charge in [0.2, 0.25) is 5.91 Å². The predicted octanol–water partition coefficient (Wildman–Crippen LogP) is 1.41. The van der Waals surface area contributed by atoms with E-state index in [1.165, 1.54) is 6.08 Å². The lowest BCUT2D eigenvalue weighted by atomic mass is 10.1. The third-order valence-electron chi connectivity index (χ3n) is 4.44. The van der Waals surface area contributed by atoms with Gasteiger partial charge in [0.25, 0.3) is 5.91 Å². The van der Waals surface area contributed by atoms with Crippen LogP contribution in [-0.2, 0) is 11.3 Å². The van der Waals surface area contributed by atoms with Crippen LogP contribution in [0.2, 0.25) is 0 Å². The van der Waals surface area contributed by atoms with Crippen molar-refractivity contribution in [2.75, 3.05) is 26.2 Å². The van der Waals surface area contributed by atoms with E-state index in [1.54, 1.807) is 26.0 Å². The molecule has 142 valence electrons. The average Bonchev–Trinajstić information content (AvgIpc) is 2.58. The summed E-state index contributed by atoms with van der Waals surface area (Å²) in [5.41, 5.74) is 0.842. The van der Waals surface area contributed by atoms with Crippen LogP contribution >= 0.6 is 0 Å². The topological polar surface area (TPSA) is 72.9 Å². The molecular formula is C20H29N3O3. The van der Waals surface area contributed by atoms with Gasteiger partial charge in [0, 0.05) is 44.3 Å². The summed E-state index contributed by atoms with van der Waals surface area (Å²) in [5, 5.41) is 12.7. The molecule has 6 nitrogen and oxygen atoms in total. The Hall–Kier alpha value is -2.18. The number of piperazine rings is 1. The number of amides is 2. The van der Waals surface area contributed by atoms with Crippen LogP contribution in [0.1, 0.15) is 36.7 Å². The maximum Gasteiger partial charge on any atom is 0.254 e. The van der Waals surface area contributed by atoms with Crippen molar-refractivity contribution < 1.29 is 14.7 Å². The van der Waals surface area contributed by atoms with Gasteiger partial charge in [0.1, 0.15) is 0 Å². The fourth-order valence-electron chi connectivity index (χ4n) is 3.22. The largest absolute Gasteiger partial charge is 0.389 e. The van der Waals surface area contributed by atoms with Gasteiger partial charge in [-0.3, -0.25) is 14.5 Å². The number of carbonyl (C=O) groups is 2. The molecule has 0 aromatic heterocycles. The van der Waals surface area contributed by atoms with E-state index in [0.717, 1.165) is 18.7 Å². The number of hydrogen-bond acceptors (Lipinski definition) is 4. The number of benzene rings is 1. The summed E-state index contributed by atoms with van der Waals surface area (Å²) in [5.74, 6) is -0.204. The molecule has 0 aliphatic carbocycles. The van der Waals surface area contributed by atoms with Crippen molar-refractivity contribution in [2.24, 2.45) is 0 Å². The predicted molar refractivity (Wildman–Crippen MR) is 102 cm³/mol. The van der Waals surface area contributed by atoms with Gasteiger partial charge in [0.15, 0.2) is 0 Å². The Labute approximate surface area is 155 Å². The second kappa shape index (κ2) is 8.47. The first-order valence-electron chi connectivity index (χ1n) is 8.94. The minimum absolute atomic E-state index is 0.0158. The second-order valence-corrected chi connectivity index (χ2v) is 7.51. The van der Waals surface area contributed by atoms with Gasteiger partial charge >= 0.3 is 0 Å². The fraction of sp³-hybridized carbons (Fsp3) is 0.500. The molecule has 0 radical (unpaired) electrons. The lowest BCUT2D eigenvalue weighted by Crippen LogP contribution is -2.56. The summed E-state index contributed by atoms with van der Waals surface area (Å²) in [7, 11) is 0. The molecule has 1 heterocycles. The van der Waals surface area contributed by atoms with Crippen molar-refractivity contribution in [1.82, 2.24) is 15.1 Å². The van der Waals surface area contributed by atoms with Crippen LogP contribution in [0.4, 0.5) is 0 Å². The maximum atomic E-state index is 12.8. The van der Waals surface area contributed by atoms with Crippen LogP contribution in [0, 0.1) is 0 Å². The lowest BCUT2D eigenvalue weighted by molar-refractivity contribution is -0.116. The van der Waals surface area contributed by atoms with Crippen molar-refractivity contribution in [2.45, 2.75) is 39.0 Å². The van der Waals surface area contributed by atoms with Crippen molar-refractivity contribution in [3.63, 3.8) is 0 Å². The highest BCUT2D eigenvalue weighted by atomic mass is 16.3. The van der Waals surface area contributed by atoms with Crippen LogP contribution in [0.25, 0.3) is 0 Å². The van der Waals surface area contributed by atoms with Crippen LogP contribution < -0.4 is 5.32 Å². The van der Waals surface area contributed by atoms with E-state index < -0.39 is 5.60 Å². The number of nitrogens with zero attached hydrogens (tertiary/aromatic N) is 2. The Morgan fingerprint density at radius 1 is 1.31 bits per heavy atom. The first-order chi connectivity index (χ1) is 12.2. The van der Waals surface area contributed by atoms with Crippen molar-refractivity contribution >= 4 is 11.8 Å². The molecule has 1 aliphatic heterocycles. The molecule has 1 fully saturated rings. The first-order valence-corrected chi connectivity index (χ1v) is 8.94. The fourth-order valence-corrected chi connectivity index (χ4v) is 3.22. The van der Waals surface area contributed by atoms with E-state index in [9.17, 15) is 14.7 Å². The molecule has 1 unspecified atom stereocenters. The van der Waals surface area contributed by atoms with Crippen molar-refractivity contribution in [1.29, 1.82) is 0 Å². The SMILES string of the molecule is C=CC(=O)NCc1ccc(C(=O)N2CCN(CC(C)(C)O)CC2C)cc1. The third-order valence-corrected chi connectivity index (χ3v) is 4.44. The molecule has 1 aliphatic rings. The van der Waals surface area contributed by atoms with E-state index in [0.29, 0.717) is 25.2 Å². The molecule has 2 rings (SSSR count). The number of rotatable bonds is 6. The zero-order chi connectivity index (χ0) is 19.3. The van der Waals surface area contributed by atoms with Gasteiger partial charge in [-0.25, -0.2) is 0 Å². The van der Waals surface area contributed by atoms with Crippen LogP contribution in [0.3, 0.4) is 0 Å². The highest BCUT2D eigenvalue weighted by Gasteiger charge is 2.30. The van der Waals surface area contributed by atoms with Gasteiger partial charge in [-0.2, -0.15) is 0 Å². The Balaban J connectivity index is 1.94. The quantitative estimate of drug-likeness (QED) is 0.753. The Morgan fingerprint density at radius 2 is 1.96 bits per heavy atom. The number of carbonyl (C=O) groups excluding carboxylic acids is 2. The summed E-state index contributed by atoms with van der Waals surface area (Å²) in [6, 6.07) is 7.39. The molecule has 1 aromatic rings. The zero-order valence-electron chi connectivity index (χ0n) is 15.9. The lowest BCUT2D eigenvalue weighted by Gasteiger charge is -2.41. The smallest absolute Gasteiger partial charge is 0.254 e. The second-order valence-electron chi connectivity index (χ2n) is 7.51. The molecule has 6 heteroatoms. The van der Waals surface area contributed by atoms with Crippen molar-refractivity contribution in [3.8, 4) is 0 Å². The number of aliphatic hydroxyl groups is 1.